The summed E-state index contributed by atoms with van der Waals surface area (Å²) in [6.45, 7) is 0.259. The molecule has 1 aromatic heterocycles. The van der Waals surface area contributed by atoms with Crippen LogP contribution in [0.3, 0.4) is 0 Å². The SMILES string of the molecule is COc1ccc(OCCCC(=O)OCc2nccc[n+]2[O-])cc1. The smallest absolute Gasteiger partial charge is 0.339 e. The van der Waals surface area contributed by atoms with E-state index < -0.39 is 5.97 Å². The van der Waals surface area contributed by atoms with Crippen LogP contribution >= 0.6 is 0 Å². The zero-order valence-corrected chi connectivity index (χ0v) is 12.8. The molecule has 0 spiro atoms. The molecule has 2 rings (SSSR count). The third-order valence-corrected chi connectivity index (χ3v) is 3.00. The van der Waals surface area contributed by atoms with Crippen molar-refractivity contribution < 1.29 is 23.7 Å². The zero-order chi connectivity index (χ0) is 16.5. The van der Waals surface area contributed by atoms with Crippen LogP contribution in [-0.4, -0.2) is 24.7 Å². The standard InChI is InChI=1S/C16H18N2O5/c1-21-13-5-7-14(8-6-13)22-11-2-4-16(19)23-12-15-17-9-3-10-18(15)20/h3,5-10H,2,4,11-12H2,1H3. The number of hydrogen-bond donors (Lipinski definition) is 0. The molecule has 0 atom stereocenters. The van der Waals surface area contributed by atoms with Gasteiger partial charge in [-0.1, -0.05) is 0 Å². The molecule has 0 aliphatic carbocycles. The number of aromatic nitrogens is 2. The van der Waals surface area contributed by atoms with E-state index in [0.29, 0.717) is 23.5 Å². The van der Waals surface area contributed by atoms with Crippen LogP contribution in [0.2, 0.25) is 0 Å². The van der Waals surface area contributed by atoms with E-state index in [1.54, 1.807) is 31.4 Å². The van der Waals surface area contributed by atoms with Crippen LogP contribution in [0.25, 0.3) is 0 Å². The number of rotatable bonds is 8. The molecule has 7 nitrogen and oxygen atoms in total. The van der Waals surface area contributed by atoms with Crippen molar-refractivity contribution in [2.45, 2.75) is 19.4 Å². The number of benzene rings is 1. The summed E-state index contributed by atoms with van der Waals surface area (Å²) in [7, 11) is 1.60. The lowest BCUT2D eigenvalue weighted by molar-refractivity contribution is -0.620. The van der Waals surface area contributed by atoms with E-state index in [0.717, 1.165) is 5.75 Å². The second kappa shape index (κ2) is 8.57. The second-order valence-electron chi connectivity index (χ2n) is 4.65. The van der Waals surface area contributed by atoms with Gasteiger partial charge < -0.3 is 19.4 Å². The Morgan fingerprint density at radius 2 is 2.00 bits per heavy atom. The number of carbonyl (C=O) groups excluding carboxylic acids is 1. The Hall–Kier alpha value is -2.83. The lowest BCUT2D eigenvalue weighted by atomic mass is 10.3. The fourth-order valence-electron chi connectivity index (χ4n) is 1.79. The van der Waals surface area contributed by atoms with Crippen LogP contribution < -0.4 is 14.2 Å². The normalized spacial score (nSPS) is 10.1. The molecule has 0 fully saturated rings. The van der Waals surface area contributed by atoms with Gasteiger partial charge in [0, 0.05) is 12.5 Å². The van der Waals surface area contributed by atoms with Crippen LogP contribution in [0.15, 0.2) is 42.7 Å². The van der Waals surface area contributed by atoms with Crippen LogP contribution in [0.4, 0.5) is 0 Å². The van der Waals surface area contributed by atoms with Gasteiger partial charge >= 0.3 is 11.8 Å². The van der Waals surface area contributed by atoms with Crippen molar-refractivity contribution >= 4 is 5.97 Å². The van der Waals surface area contributed by atoms with Gasteiger partial charge in [-0.2, -0.15) is 0 Å². The average molecular weight is 318 g/mol. The number of ether oxygens (including phenoxy) is 3. The Bertz CT molecular complexity index is 631. The first kappa shape index (κ1) is 16.5. The fourth-order valence-corrected chi connectivity index (χ4v) is 1.79. The first-order valence-corrected chi connectivity index (χ1v) is 7.14. The van der Waals surface area contributed by atoms with E-state index >= 15 is 0 Å². The Morgan fingerprint density at radius 3 is 2.70 bits per heavy atom. The highest BCUT2D eigenvalue weighted by Crippen LogP contribution is 2.17. The van der Waals surface area contributed by atoms with Crippen LogP contribution in [0, 0.1) is 5.21 Å². The highest BCUT2D eigenvalue weighted by atomic mass is 16.5. The molecular weight excluding hydrogens is 300 g/mol. The largest absolute Gasteiger partial charge is 0.711 e. The maximum Gasteiger partial charge on any atom is 0.339 e. The number of nitrogens with zero attached hydrogens (tertiary/aromatic N) is 2. The molecule has 0 amide bonds. The van der Waals surface area contributed by atoms with E-state index in [4.69, 9.17) is 14.2 Å². The third kappa shape index (κ3) is 5.46. The topological polar surface area (TPSA) is 84.6 Å². The van der Waals surface area contributed by atoms with E-state index in [9.17, 15) is 10.0 Å². The van der Waals surface area contributed by atoms with Crippen molar-refractivity contribution in [3.63, 3.8) is 0 Å². The van der Waals surface area contributed by atoms with Crippen LogP contribution in [0.5, 0.6) is 11.5 Å². The summed E-state index contributed by atoms with van der Waals surface area (Å²) in [5.74, 6) is 1.22. The molecule has 1 aromatic carbocycles. The first-order valence-electron chi connectivity index (χ1n) is 7.14. The highest BCUT2D eigenvalue weighted by Gasteiger charge is 2.10. The summed E-state index contributed by atoms with van der Waals surface area (Å²) in [5.41, 5.74) is 0. The highest BCUT2D eigenvalue weighted by molar-refractivity contribution is 5.69. The molecule has 0 unspecified atom stereocenters. The zero-order valence-electron chi connectivity index (χ0n) is 12.8. The van der Waals surface area contributed by atoms with Crippen molar-refractivity contribution in [3.05, 3.63) is 53.8 Å². The van der Waals surface area contributed by atoms with E-state index in [1.165, 1.54) is 18.5 Å². The number of esters is 1. The number of hydrogen-bond acceptors (Lipinski definition) is 6. The van der Waals surface area contributed by atoms with Crippen molar-refractivity contribution in [1.82, 2.24) is 4.98 Å². The minimum Gasteiger partial charge on any atom is -0.711 e. The van der Waals surface area contributed by atoms with E-state index in [1.807, 2.05) is 0 Å². The summed E-state index contributed by atoms with van der Waals surface area (Å²) < 4.78 is 16.1. The Labute approximate surface area is 134 Å². The molecular formula is C16H18N2O5. The third-order valence-electron chi connectivity index (χ3n) is 3.00. The molecule has 0 aliphatic rings. The quantitative estimate of drug-likeness (QED) is 0.318. The summed E-state index contributed by atoms with van der Waals surface area (Å²) >= 11 is 0. The molecule has 23 heavy (non-hydrogen) atoms. The molecule has 7 heteroatoms. The molecule has 1 heterocycles. The molecule has 0 radical (unpaired) electrons. The van der Waals surface area contributed by atoms with Crippen molar-refractivity contribution in [2.75, 3.05) is 13.7 Å². The maximum atomic E-state index is 11.6. The van der Waals surface area contributed by atoms with Gasteiger partial charge in [0.05, 0.1) is 19.9 Å². The lowest BCUT2D eigenvalue weighted by Gasteiger charge is -2.07. The Balaban J connectivity index is 1.63. The molecule has 0 bridgehead atoms. The molecule has 122 valence electrons. The van der Waals surface area contributed by atoms with Gasteiger partial charge in [-0.25, -0.2) is 4.73 Å². The van der Waals surface area contributed by atoms with Gasteiger partial charge in [0.1, 0.15) is 17.7 Å². The minimum absolute atomic E-state index is 0.136. The van der Waals surface area contributed by atoms with Crippen molar-refractivity contribution in [1.29, 1.82) is 0 Å². The molecule has 0 N–H and O–H groups in total. The van der Waals surface area contributed by atoms with Crippen molar-refractivity contribution in [2.24, 2.45) is 0 Å². The summed E-state index contributed by atoms with van der Waals surface area (Å²) in [4.78, 5) is 15.4. The molecule has 0 saturated carbocycles. The number of methoxy groups -OCH3 is 1. The lowest BCUT2D eigenvalue weighted by Crippen LogP contribution is -2.33. The van der Waals surface area contributed by atoms with Crippen molar-refractivity contribution in [3.8, 4) is 11.5 Å². The molecule has 0 aliphatic heterocycles. The van der Waals surface area contributed by atoms with E-state index in [-0.39, 0.29) is 18.9 Å². The van der Waals surface area contributed by atoms with Crippen LogP contribution in [0.1, 0.15) is 18.7 Å². The Kier molecular flexibility index (Phi) is 6.17. The Morgan fingerprint density at radius 1 is 1.26 bits per heavy atom. The maximum absolute atomic E-state index is 11.6. The van der Waals surface area contributed by atoms with E-state index in [2.05, 4.69) is 4.98 Å². The van der Waals surface area contributed by atoms with Gasteiger partial charge in [0.25, 0.3) is 0 Å². The van der Waals surface area contributed by atoms with Gasteiger partial charge in [-0.05, 0) is 35.7 Å². The summed E-state index contributed by atoms with van der Waals surface area (Å²) in [6, 6.07) is 8.70. The van der Waals surface area contributed by atoms with Crippen LogP contribution in [-0.2, 0) is 16.1 Å². The predicted octanol–water partition coefficient (Wildman–Crippen LogP) is 1.63. The van der Waals surface area contributed by atoms with Gasteiger partial charge in [0.15, 0.2) is 6.61 Å². The number of carbonyl (C=O) groups is 1. The summed E-state index contributed by atoms with van der Waals surface area (Å²) in [6.07, 6.45) is 3.51. The minimum atomic E-state index is -0.394. The first-order chi connectivity index (χ1) is 11.2. The monoisotopic (exact) mass is 318 g/mol. The average Bonchev–Trinajstić information content (AvgIpc) is 2.58. The van der Waals surface area contributed by atoms with Gasteiger partial charge in [-0.15, -0.1) is 0 Å². The summed E-state index contributed by atoms with van der Waals surface area (Å²) in [5, 5.41) is 11.3. The fraction of sp³-hybridized carbons (Fsp3) is 0.312. The molecule has 0 saturated heterocycles. The second-order valence-corrected chi connectivity index (χ2v) is 4.65. The molecule has 2 aromatic rings. The predicted molar refractivity (Wildman–Crippen MR) is 80.7 cm³/mol. The van der Waals surface area contributed by atoms with Gasteiger partial charge in [0.2, 0.25) is 0 Å². The van der Waals surface area contributed by atoms with Gasteiger partial charge in [-0.3, -0.25) is 4.79 Å².